The molecule has 1 aliphatic rings. The molecule has 1 unspecified atom stereocenters. The number of hydrogen-bond acceptors (Lipinski definition) is 2. The number of amidine groups is 1. The van der Waals surface area contributed by atoms with Gasteiger partial charge in [-0.25, -0.2) is 0 Å². The first-order valence-corrected chi connectivity index (χ1v) is 5.65. The zero-order valence-electron chi connectivity index (χ0n) is 9.42. The van der Waals surface area contributed by atoms with Gasteiger partial charge in [-0.1, -0.05) is 13.8 Å². The van der Waals surface area contributed by atoms with Gasteiger partial charge in [0.05, 0.1) is 5.84 Å². The van der Waals surface area contributed by atoms with Gasteiger partial charge in [-0.2, -0.15) is 0 Å². The van der Waals surface area contributed by atoms with Gasteiger partial charge in [0, 0.05) is 13.0 Å². The van der Waals surface area contributed by atoms with Crippen molar-refractivity contribution in [1.82, 2.24) is 4.90 Å². The molecule has 3 heteroatoms. The van der Waals surface area contributed by atoms with E-state index >= 15 is 0 Å². The van der Waals surface area contributed by atoms with E-state index < -0.39 is 0 Å². The van der Waals surface area contributed by atoms with Gasteiger partial charge in [0.1, 0.15) is 0 Å². The average molecular weight is 197 g/mol. The maximum absolute atomic E-state index is 7.14. The molecule has 0 aliphatic carbocycles. The van der Waals surface area contributed by atoms with Crippen LogP contribution in [0, 0.1) is 17.2 Å². The zero-order chi connectivity index (χ0) is 10.6. The minimum Gasteiger partial charge on any atom is -0.388 e. The van der Waals surface area contributed by atoms with Crippen LogP contribution in [0.25, 0.3) is 0 Å². The highest BCUT2D eigenvalue weighted by Gasteiger charge is 2.23. The van der Waals surface area contributed by atoms with Gasteiger partial charge in [0.15, 0.2) is 0 Å². The minimum absolute atomic E-state index is 0.324. The highest BCUT2D eigenvalue weighted by Crippen LogP contribution is 2.23. The third kappa shape index (κ3) is 3.66. The summed E-state index contributed by atoms with van der Waals surface area (Å²) >= 11 is 0. The molecule has 1 saturated heterocycles. The van der Waals surface area contributed by atoms with Crippen LogP contribution in [0.15, 0.2) is 0 Å². The number of rotatable bonds is 5. The molecule has 0 radical (unpaired) electrons. The molecule has 3 nitrogen and oxygen atoms in total. The van der Waals surface area contributed by atoms with E-state index in [1.807, 2.05) is 0 Å². The Bertz CT molecular complexity index is 189. The first-order chi connectivity index (χ1) is 6.59. The molecule has 0 aromatic carbocycles. The van der Waals surface area contributed by atoms with Crippen LogP contribution >= 0.6 is 0 Å². The molecule has 14 heavy (non-hydrogen) atoms. The largest absolute Gasteiger partial charge is 0.388 e. The molecule has 0 amide bonds. The van der Waals surface area contributed by atoms with Crippen LogP contribution in [-0.2, 0) is 0 Å². The quantitative estimate of drug-likeness (QED) is 0.520. The second kappa shape index (κ2) is 5.35. The lowest BCUT2D eigenvalue weighted by Crippen LogP contribution is -2.24. The summed E-state index contributed by atoms with van der Waals surface area (Å²) in [6, 6.07) is 0. The summed E-state index contributed by atoms with van der Waals surface area (Å²) < 4.78 is 0. The van der Waals surface area contributed by atoms with Crippen LogP contribution < -0.4 is 5.73 Å². The lowest BCUT2D eigenvalue weighted by Gasteiger charge is -2.17. The van der Waals surface area contributed by atoms with Crippen LogP contribution in [0.1, 0.15) is 33.1 Å². The highest BCUT2D eigenvalue weighted by atomic mass is 15.1. The Morgan fingerprint density at radius 2 is 2.29 bits per heavy atom. The number of nitrogens with two attached hydrogens (primary N) is 1. The van der Waals surface area contributed by atoms with Crippen molar-refractivity contribution in [3.8, 4) is 0 Å². The smallest absolute Gasteiger partial charge is 0.0905 e. The number of nitrogens with zero attached hydrogens (tertiary/aromatic N) is 1. The van der Waals surface area contributed by atoms with Crippen molar-refractivity contribution < 1.29 is 0 Å². The molecule has 82 valence electrons. The fourth-order valence-corrected chi connectivity index (χ4v) is 2.10. The second-order valence-corrected chi connectivity index (χ2v) is 4.72. The van der Waals surface area contributed by atoms with Crippen molar-refractivity contribution in [2.24, 2.45) is 17.6 Å². The molecule has 3 N–H and O–H groups in total. The lowest BCUT2D eigenvalue weighted by molar-refractivity contribution is 0.301. The first kappa shape index (κ1) is 11.5. The molecule has 0 saturated carbocycles. The first-order valence-electron chi connectivity index (χ1n) is 5.65. The SMILES string of the molecule is CC(C)C1CCN(CCCC(=N)N)C1. The third-order valence-electron chi connectivity index (χ3n) is 3.17. The summed E-state index contributed by atoms with van der Waals surface area (Å²) in [5, 5.41) is 7.14. The third-order valence-corrected chi connectivity index (χ3v) is 3.17. The van der Waals surface area contributed by atoms with E-state index in [1.165, 1.54) is 19.5 Å². The average Bonchev–Trinajstić information content (AvgIpc) is 2.52. The van der Waals surface area contributed by atoms with E-state index in [-0.39, 0.29) is 0 Å². The van der Waals surface area contributed by atoms with E-state index in [9.17, 15) is 0 Å². The van der Waals surface area contributed by atoms with Crippen molar-refractivity contribution in [3.05, 3.63) is 0 Å². The Hall–Kier alpha value is -0.570. The van der Waals surface area contributed by atoms with E-state index in [2.05, 4.69) is 18.7 Å². The molecule has 1 rings (SSSR count). The summed E-state index contributed by atoms with van der Waals surface area (Å²) in [6.45, 7) is 8.21. The number of likely N-dealkylation sites (tertiary alicyclic amines) is 1. The van der Waals surface area contributed by atoms with Gasteiger partial charge in [-0.05, 0) is 37.8 Å². The summed E-state index contributed by atoms with van der Waals surface area (Å²) in [4.78, 5) is 2.51. The van der Waals surface area contributed by atoms with Crippen LogP contribution in [0.5, 0.6) is 0 Å². The van der Waals surface area contributed by atoms with Crippen molar-refractivity contribution in [3.63, 3.8) is 0 Å². The van der Waals surface area contributed by atoms with Gasteiger partial charge in [-0.3, -0.25) is 5.41 Å². The fourth-order valence-electron chi connectivity index (χ4n) is 2.10. The Morgan fingerprint density at radius 3 is 2.79 bits per heavy atom. The van der Waals surface area contributed by atoms with E-state index in [0.29, 0.717) is 5.84 Å². The zero-order valence-corrected chi connectivity index (χ0v) is 9.42. The van der Waals surface area contributed by atoms with Crippen molar-refractivity contribution in [2.45, 2.75) is 33.1 Å². The molecule has 0 spiro atoms. The molecule has 1 fully saturated rings. The molecule has 1 heterocycles. The van der Waals surface area contributed by atoms with Crippen LogP contribution in [0.4, 0.5) is 0 Å². The van der Waals surface area contributed by atoms with Gasteiger partial charge in [0.25, 0.3) is 0 Å². The van der Waals surface area contributed by atoms with E-state index in [4.69, 9.17) is 11.1 Å². The van der Waals surface area contributed by atoms with Gasteiger partial charge in [-0.15, -0.1) is 0 Å². The maximum atomic E-state index is 7.14. The molecular weight excluding hydrogens is 174 g/mol. The number of nitrogens with one attached hydrogen (secondary N) is 1. The number of hydrogen-bond donors (Lipinski definition) is 2. The summed E-state index contributed by atoms with van der Waals surface area (Å²) in [7, 11) is 0. The molecule has 0 aromatic rings. The Labute approximate surface area is 87.2 Å². The summed E-state index contributed by atoms with van der Waals surface area (Å²) in [5.74, 6) is 2.02. The Kier molecular flexibility index (Phi) is 4.39. The van der Waals surface area contributed by atoms with Crippen LogP contribution in [-0.4, -0.2) is 30.4 Å². The maximum Gasteiger partial charge on any atom is 0.0905 e. The van der Waals surface area contributed by atoms with Crippen molar-refractivity contribution >= 4 is 5.84 Å². The standard InChI is InChI=1S/C11H23N3/c1-9(2)10-5-7-14(8-10)6-3-4-11(12)13/h9-10H,3-8H2,1-2H3,(H3,12,13). The van der Waals surface area contributed by atoms with Gasteiger partial charge >= 0.3 is 0 Å². The van der Waals surface area contributed by atoms with Gasteiger partial charge < -0.3 is 10.6 Å². The molecule has 0 bridgehead atoms. The van der Waals surface area contributed by atoms with Gasteiger partial charge in [0.2, 0.25) is 0 Å². The van der Waals surface area contributed by atoms with E-state index in [1.54, 1.807) is 0 Å². The topological polar surface area (TPSA) is 53.1 Å². The lowest BCUT2D eigenvalue weighted by atomic mass is 9.95. The Morgan fingerprint density at radius 1 is 1.57 bits per heavy atom. The van der Waals surface area contributed by atoms with Crippen LogP contribution in [0.2, 0.25) is 0 Å². The minimum atomic E-state index is 0.324. The predicted octanol–water partition coefficient (Wildman–Crippen LogP) is 1.68. The summed E-state index contributed by atoms with van der Waals surface area (Å²) in [5.41, 5.74) is 5.32. The highest BCUT2D eigenvalue weighted by molar-refractivity contribution is 5.76. The van der Waals surface area contributed by atoms with Crippen LogP contribution in [0.3, 0.4) is 0 Å². The molecular formula is C11H23N3. The molecule has 1 atom stereocenters. The van der Waals surface area contributed by atoms with E-state index in [0.717, 1.165) is 31.2 Å². The normalized spacial score (nSPS) is 23.2. The predicted molar refractivity (Wildman–Crippen MR) is 60.5 cm³/mol. The molecule has 0 aromatic heterocycles. The second-order valence-electron chi connectivity index (χ2n) is 4.72. The Balaban J connectivity index is 2.13. The van der Waals surface area contributed by atoms with Crippen molar-refractivity contribution in [2.75, 3.05) is 19.6 Å². The summed E-state index contributed by atoms with van der Waals surface area (Å²) in [6.07, 6.45) is 3.14. The molecule has 1 aliphatic heterocycles. The monoisotopic (exact) mass is 197 g/mol. The van der Waals surface area contributed by atoms with Crippen molar-refractivity contribution in [1.29, 1.82) is 5.41 Å². The fraction of sp³-hybridized carbons (Fsp3) is 0.909.